The number of hydrogen-bond acceptors (Lipinski definition) is 7. The van der Waals surface area contributed by atoms with Gasteiger partial charge in [-0.2, -0.15) is 0 Å². The van der Waals surface area contributed by atoms with Crippen molar-refractivity contribution in [2.75, 3.05) is 19.7 Å². The molecule has 1 amide bonds. The molecule has 0 radical (unpaired) electrons. The average molecular weight is 473 g/mol. The first-order chi connectivity index (χ1) is 15.7. The Hall–Kier alpha value is -2.36. The summed E-state index contributed by atoms with van der Waals surface area (Å²) in [5.41, 5.74) is 0.780. The zero-order valence-electron chi connectivity index (χ0n) is 19.7. The van der Waals surface area contributed by atoms with Crippen molar-refractivity contribution < 1.29 is 19.1 Å². The summed E-state index contributed by atoms with van der Waals surface area (Å²) < 4.78 is 14.4. The Kier molecular flexibility index (Phi) is 6.83. The summed E-state index contributed by atoms with van der Waals surface area (Å²) in [6.07, 6.45) is 5.45. The summed E-state index contributed by atoms with van der Waals surface area (Å²) in [6.45, 7) is 8.97. The van der Waals surface area contributed by atoms with E-state index in [0.29, 0.717) is 38.1 Å². The number of likely N-dealkylation sites (tertiary alicyclic amines) is 1. The lowest BCUT2D eigenvalue weighted by molar-refractivity contribution is -0.0888. The number of amides is 1. The Morgan fingerprint density at radius 2 is 1.94 bits per heavy atom. The highest BCUT2D eigenvalue weighted by atomic mass is 32.2. The summed E-state index contributed by atoms with van der Waals surface area (Å²) in [4.78, 5) is 34.4. The number of carbonyl (C=O) groups is 2. The number of hydrogen-bond donors (Lipinski definition) is 1. The van der Waals surface area contributed by atoms with Crippen LogP contribution in [0.4, 0.5) is 4.79 Å². The van der Waals surface area contributed by atoms with Gasteiger partial charge < -0.3 is 19.4 Å². The number of nitrogens with zero attached hydrogens (tertiary/aromatic N) is 3. The van der Waals surface area contributed by atoms with Crippen molar-refractivity contribution in [1.82, 2.24) is 19.2 Å². The van der Waals surface area contributed by atoms with Gasteiger partial charge >= 0.3 is 6.09 Å². The molecule has 1 N–H and O–H groups in total. The van der Waals surface area contributed by atoms with E-state index in [4.69, 9.17) is 9.47 Å². The van der Waals surface area contributed by atoms with Gasteiger partial charge in [-0.05, 0) is 51.8 Å². The minimum atomic E-state index is -0.515. The van der Waals surface area contributed by atoms with Crippen molar-refractivity contribution in [3.63, 3.8) is 0 Å². The highest BCUT2D eigenvalue weighted by Gasteiger charge is 2.50. The second kappa shape index (κ2) is 9.48. The number of rotatable bonds is 5. The van der Waals surface area contributed by atoms with Crippen LogP contribution in [-0.2, 0) is 15.9 Å². The van der Waals surface area contributed by atoms with Crippen molar-refractivity contribution in [2.24, 2.45) is 0 Å². The molecule has 2 aromatic rings. The maximum absolute atomic E-state index is 12.6. The Labute approximate surface area is 199 Å². The number of aromatic nitrogens is 2. The molecule has 2 aliphatic heterocycles. The normalized spacial score (nSPS) is 20.8. The van der Waals surface area contributed by atoms with Crippen LogP contribution in [0.2, 0.25) is 0 Å². The molecule has 1 aromatic heterocycles. The highest BCUT2D eigenvalue weighted by molar-refractivity contribution is 7.97. The number of aromatic amines is 1. The van der Waals surface area contributed by atoms with Crippen LogP contribution in [0.15, 0.2) is 41.7 Å². The van der Waals surface area contributed by atoms with Crippen LogP contribution in [0.1, 0.15) is 56.6 Å². The molecule has 1 aromatic carbocycles. The first-order valence-electron chi connectivity index (χ1n) is 11.3. The van der Waals surface area contributed by atoms with Crippen molar-refractivity contribution in [3.8, 4) is 0 Å². The Morgan fingerprint density at radius 1 is 1.24 bits per heavy atom. The van der Waals surface area contributed by atoms with Crippen LogP contribution in [0.5, 0.6) is 0 Å². The van der Waals surface area contributed by atoms with Gasteiger partial charge in [-0.25, -0.2) is 14.1 Å². The van der Waals surface area contributed by atoms with Gasteiger partial charge in [0.25, 0.3) is 0 Å². The molecule has 2 saturated heterocycles. The number of ketones is 1. The largest absolute Gasteiger partial charge is 0.444 e. The Bertz CT molecular complexity index is 963. The predicted octanol–water partition coefficient (Wildman–Crippen LogP) is 4.29. The number of benzene rings is 1. The van der Waals surface area contributed by atoms with Gasteiger partial charge in [-0.15, -0.1) is 0 Å². The monoisotopic (exact) mass is 472 g/mol. The van der Waals surface area contributed by atoms with Crippen LogP contribution in [0.3, 0.4) is 0 Å². The molecule has 4 rings (SSSR count). The molecule has 178 valence electrons. The Balaban J connectivity index is 1.51. The lowest BCUT2D eigenvalue weighted by Gasteiger charge is -2.44. The van der Waals surface area contributed by atoms with Crippen LogP contribution >= 0.6 is 11.9 Å². The van der Waals surface area contributed by atoms with E-state index in [-0.39, 0.29) is 17.9 Å². The molecule has 0 aliphatic carbocycles. The molecule has 0 bridgehead atoms. The van der Waals surface area contributed by atoms with E-state index in [1.54, 1.807) is 30.1 Å². The van der Waals surface area contributed by atoms with E-state index in [9.17, 15) is 9.59 Å². The Morgan fingerprint density at radius 3 is 2.52 bits per heavy atom. The number of piperidine rings is 1. The predicted molar refractivity (Wildman–Crippen MR) is 126 cm³/mol. The van der Waals surface area contributed by atoms with Crippen molar-refractivity contribution in [3.05, 3.63) is 48.0 Å². The number of carbonyl (C=O) groups excluding carboxylic acids is 2. The second-order valence-corrected chi connectivity index (χ2v) is 10.7. The second-order valence-electron chi connectivity index (χ2n) is 9.66. The van der Waals surface area contributed by atoms with Gasteiger partial charge in [0.1, 0.15) is 11.3 Å². The lowest BCUT2D eigenvalue weighted by atomic mass is 10.00. The van der Waals surface area contributed by atoms with Gasteiger partial charge in [0.05, 0.1) is 19.0 Å². The lowest BCUT2D eigenvalue weighted by Crippen LogP contribution is -2.54. The fraction of sp³-hybridized carbons (Fsp3) is 0.542. The van der Waals surface area contributed by atoms with Crippen LogP contribution in [0, 0.1) is 0 Å². The summed E-state index contributed by atoms with van der Waals surface area (Å²) in [7, 11) is 0. The molecular formula is C24H32N4O4S. The van der Waals surface area contributed by atoms with E-state index in [0.717, 1.165) is 17.0 Å². The molecule has 33 heavy (non-hydrogen) atoms. The number of Topliss-reactive ketones (excluding diaryl/α,β-unsaturated/α-hetero) is 1. The molecule has 2 fully saturated rings. The van der Waals surface area contributed by atoms with Gasteiger partial charge in [-0.3, -0.25) is 4.79 Å². The maximum atomic E-state index is 12.6. The maximum Gasteiger partial charge on any atom is 0.410 e. The van der Waals surface area contributed by atoms with E-state index in [1.807, 2.05) is 51.2 Å². The van der Waals surface area contributed by atoms with Gasteiger partial charge in [0.15, 0.2) is 5.78 Å². The van der Waals surface area contributed by atoms with Crippen LogP contribution in [0.25, 0.3) is 0 Å². The van der Waals surface area contributed by atoms with Crippen LogP contribution in [-0.4, -0.2) is 68.1 Å². The van der Waals surface area contributed by atoms with E-state index in [2.05, 4.69) is 14.3 Å². The fourth-order valence-corrected chi connectivity index (χ4v) is 5.43. The average Bonchev–Trinajstić information content (AvgIpc) is 3.38. The van der Waals surface area contributed by atoms with E-state index >= 15 is 0 Å². The number of imidazole rings is 1. The van der Waals surface area contributed by atoms with Crippen molar-refractivity contribution >= 4 is 23.8 Å². The topological polar surface area (TPSA) is 87.8 Å². The van der Waals surface area contributed by atoms with Gasteiger partial charge in [-0.1, -0.05) is 12.1 Å². The smallest absolute Gasteiger partial charge is 0.410 e. The fourth-order valence-electron chi connectivity index (χ4n) is 4.26. The molecule has 8 nitrogen and oxygen atoms in total. The van der Waals surface area contributed by atoms with Crippen molar-refractivity contribution in [2.45, 2.75) is 69.2 Å². The zero-order chi connectivity index (χ0) is 23.6. The number of ether oxygens (including phenoxy) is 2. The molecule has 1 atom stereocenters. The minimum absolute atomic E-state index is 0.0548. The first-order valence-corrected chi connectivity index (χ1v) is 12.1. The number of nitrogens with one attached hydrogen (secondary N) is 1. The third-order valence-electron chi connectivity index (χ3n) is 5.95. The van der Waals surface area contributed by atoms with Crippen molar-refractivity contribution in [1.29, 1.82) is 0 Å². The first kappa shape index (κ1) is 23.8. The molecule has 1 unspecified atom stereocenters. The molecule has 9 heteroatoms. The quantitative estimate of drug-likeness (QED) is 0.513. The zero-order valence-corrected chi connectivity index (χ0v) is 20.5. The number of H-pyrrole nitrogens is 1. The molecular weight excluding hydrogens is 440 g/mol. The minimum Gasteiger partial charge on any atom is -0.444 e. The molecule has 3 heterocycles. The van der Waals surface area contributed by atoms with Crippen LogP contribution < -0.4 is 0 Å². The SMILES string of the molecule is CC(=O)c1ccc(SN2C(Cc3cnc[nH]3)COC23CCN(C(=O)OC(C)(C)C)CC3)cc1. The molecule has 1 spiro atoms. The third kappa shape index (κ3) is 5.59. The summed E-state index contributed by atoms with van der Waals surface area (Å²) in [5.74, 6) is 0.0548. The third-order valence-corrected chi connectivity index (χ3v) is 7.26. The summed E-state index contributed by atoms with van der Waals surface area (Å²) in [6, 6.07) is 7.84. The molecule has 2 aliphatic rings. The standard InChI is InChI=1S/C24H32N4O4S/c1-17(29)18-5-7-21(8-6-18)33-28-20(13-19-14-25-16-26-19)15-31-24(28)9-11-27(12-10-24)22(30)32-23(2,3)4/h5-8,14,16,20H,9-13,15H2,1-4H3,(H,25,26). The van der Waals surface area contributed by atoms with Gasteiger partial charge in [0.2, 0.25) is 0 Å². The summed E-state index contributed by atoms with van der Waals surface area (Å²) >= 11 is 1.65. The summed E-state index contributed by atoms with van der Waals surface area (Å²) in [5, 5.41) is 0. The van der Waals surface area contributed by atoms with Gasteiger partial charge in [0, 0.05) is 54.7 Å². The molecule has 0 saturated carbocycles. The van der Waals surface area contributed by atoms with E-state index in [1.165, 1.54) is 0 Å². The van der Waals surface area contributed by atoms with E-state index < -0.39 is 11.3 Å². The highest BCUT2D eigenvalue weighted by Crippen LogP contribution is 2.45.